The van der Waals surface area contributed by atoms with Crippen LogP contribution in [0.2, 0.25) is 0 Å². The summed E-state index contributed by atoms with van der Waals surface area (Å²) in [7, 11) is 0. The number of hydrogen-bond donors (Lipinski definition) is 1. The number of hydrogen-bond acceptors (Lipinski definition) is 3. The topological polar surface area (TPSA) is 32.5 Å². The van der Waals surface area contributed by atoms with Crippen LogP contribution in [0.15, 0.2) is 24.3 Å². The van der Waals surface area contributed by atoms with E-state index in [9.17, 15) is 0 Å². The highest BCUT2D eigenvalue weighted by Gasteiger charge is 2.30. The van der Waals surface area contributed by atoms with Gasteiger partial charge in [0, 0.05) is 38.8 Å². The van der Waals surface area contributed by atoms with Gasteiger partial charge < -0.3 is 5.73 Å². The molecule has 2 saturated heterocycles. The minimum atomic E-state index is 0.640. The van der Waals surface area contributed by atoms with Crippen LogP contribution in [0.5, 0.6) is 0 Å². The number of fused-ring (bicyclic) bond motifs is 1. The van der Waals surface area contributed by atoms with Crippen LogP contribution in [0, 0.1) is 0 Å². The quantitative estimate of drug-likeness (QED) is 0.874. The van der Waals surface area contributed by atoms with Crippen molar-refractivity contribution in [2.45, 2.75) is 32.0 Å². The molecule has 0 amide bonds. The summed E-state index contributed by atoms with van der Waals surface area (Å²) in [5.41, 5.74) is 8.26. The molecule has 0 unspecified atom stereocenters. The van der Waals surface area contributed by atoms with E-state index in [1.54, 1.807) is 0 Å². The van der Waals surface area contributed by atoms with E-state index < -0.39 is 0 Å². The smallest absolute Gasteiger partial charge is 0.0234 e. The Kier molecular flexibility index (Phi) is 3.64. The van der Waals surface area contributed by atoms with Crippen LogP contribution in [-0.2, 0) is 13.1 Å². The molecular formula is C15H23N3. The standard InChI is InChI=1S/C15H23N3/c16-10-13-3-5-14(6-4-13)11-17-8-9-18-7-1-2-15(18)12-17/h3-6,15H,1-2,7-12,16H2/t15-/m0/s1. The molecule has 3 heteroatoms. The van der Waals surface area contributed by atoms with Crippen molar-refractivity contribution in [1.82, 2.24) is 9.80 Å². The molecule has 18 heavy (non-hydrogen) atoms. The number of nitrogens with zero attached hydrogens (tertiary/aromatic N) is 2. The second-order valence-corrected chi connectivity index (χ2v) is 5.59. The molecule has 3 nitrogen and oxygen atoms in total. The van der Waals surface area contributed by atoms with Gasteiger partial charge in [0.15, 0.2) is 0 Å². The average Bonchev–Trinajstić information content (AvgIpc) is 2.87. The number of rotatable bonds is 3. The first-order valence-corrected chi connectivity index (χ1v) is 7.09. The second kappa shape index (κ2) is 5.39. The van der Waals surface area contributed by atoms with Crippen molar-refractivity contribution in [3.05, 3.63) is 35.4 Å². The zero-order valence-corrected chi connectivity index (χ0v) is 11.0. The molecule has 1 aromatic rings. The third-order valence-electron chi connectivity index (χ3n) is 4.34. The summed E-state index contributed by atoms with van der Waals surface area (Å²) in [6.45, 7) is 6.78. The highest BCUT2D eigenvalue weighted by atomic mass is 15.3. The summed E-state index contributed by atoms with van der Waals surface area (Å²) in [6.07, 6.45) is 2.78. The molecule has 2 aliphatic rings. The highest BCUT2D eigenvalue weighted by molar-refractivity contribution is 5.22. The predicted octanol–water partition coefficient (Wildman–Crippen LogP) is 1.43. The maximum atomic E-state index is 5.63. The Balaban J connectivity index is 1.58. The molecule has 0 spiro atoms. The van der Waals surface area contributed by atoms with Crippen molar-refractivity contribution in [3.63, 3.8) is 0 Å². The van der Waals surface area contributed by atoms with Crippen LogP contribution in [-0.4, -0.2) is 42.0 Å². The lowest BCUT2D eigenvalue weighted by atomic mass is 10.1. The molecule has 0 bridgehead atoms. The molecule has 2 N–H and O–H groups in total. The average molecular weight is 245 g/mol. The van der Waals surface area contributed by atoms with Gasteiger partial charge in [-0.2, -0.15) is 0 Å². The monoisotopic (exact) mass is 245 g/mol. The third-order valence-corrected chi connectivity index (χ3v) is 4.34. The molecule has 2 fully saturated rings. The largest absolute Gasteiger partial charge is 0.326 e. The van der Waals surface area contributed by atoms with Gasteiger partial charge in [0.05, 0.1) is 0 Å². The van der Waals surface area contributed by atoms with Gasteiger partial charge in [-0.3, -0.25) is 9.80 Å². The Morgan fingerprint density at radius 3 is 2.61 bits per heavy atom. The summed E-state index contributed by atoms with van der Waals surface area (Å²) >= 11 is 0. The highest BCUT2D eigenvalue weighted by Crippen LogP contribution is 2.22. The molecule has 2 heterocycles. The molecule has 1 atom stereocenters. The maximum Gasteiger partial charge on any atom is 0.0234 e. The SMILES string of the molecule is NCc1ccc(CN2CCN3CCC[C@H]3C2)cc1. The summed E-state index contributed by atoms with van der Waals surface area (Å²) in [5, 5.41) is 0. The number of piperazine rings is 1. The molecular weight excluding hydrogens is 222 g/mol. The zero-order valence-electron chi connectivity index (χ0n) is 11.0. The van der Waals surface area contributed by atoms with Gasteiger partial charge in [-0.25, -0.2) is 0 Å². The van der Waals surface area contributed by atoms with Crippen LogP contribution in [0.1, 0.15) is 24.0 Å². The van der Waals surface area contributed by atoms with Gasteiger partial charge in [0.1, 0.15) is 0 Å². The maximum absolute atomic E-state index is 5.63. The first-order chi connectivity index (χ1) is 8.85. The van der Waals surface area contributed by atoms with Crippen molar-refractivity contribution in [2.75, 3.05) is 26.2 Å². The van der Waals surface area contributed by atoms with Crippen LogP contribution < -0.4 is 5.73 Å². The molecule has 98 valence electrons. The summed E-state index contributed by atoms with van der Waals surface area (Å²) < 4.78 is 0. The van der Waals surface area contributed by atoms with E-state index in [2.05, 4.69) is 34.1 Å². The van der Waals surface area contributed by atoms with E-state index in [-0.39, 0.29) is 0 Å². The molecule has 3 rings (SSSR count). The van der Waals surface area contributed by atoms with E-state index in [1.165, 1.54) is 50.1 Å². The van der Waals surface area contributed by atoms with E-state index in [0.29, 0.717) is 6.54 Å². The lowest BCUT2D eigenvalue weighted by molar-refractivity contribution is 0.0994. The second-order valence-electron chi connectivity index (χ2n) is 5.59. The Labute approximate surface area is 110 Å². The minimum Gasteiger partial charge on any atom is -0.326 e. The Hall–Kier alpha value is -0.900. The molecule has 2 aliphatic heterocycles. The van der Waals surface area contributed by atoms with Crippen molar-refractivity contribution in [3.8, 4) is 0 Å². The first kappa shape index (κ1) is 12.2. The fraction of sp³-hybridized carbons (Fsp3) is 0.600. The first-order valence-electron chi connectivity index (χ1n) is 7.09. The van der Waals surface area contributed by atoms with Gasteiger partial charge in [-0.15, -0.1) is 0 Å². The number of nitrogens with two attached hydrogens (primary N) is 1. The molecule has 1 aromatic carbocycles. The van der Waals surface area contributed by atoms with Crippen LogP contribution in [0.4, 0.5) is 0 Å². The van der Waals surface area contributed by atoms with Gasteiger partial charge in [0.25, 0.3) is 0 Å². The van der Waals surface area contributed by atoms with Gasteiger partial charge in [-0.05, 0) is 30.5 Å². The lowest BCUT2D eigenvalue weighted by Crippen LogP contribution is -2.49. The predicted molar refractivity (Wildman–Crippen MR) is 74.2 cm³/mol. The Morgan fingerprint density at radius 1 is 1.06 bits per heavy atom. The fourth-order valence-electron chi connectivity index (χ4n) is 3.24. The summed E-state index contributed by atoms with van der Waals surface area (Å²) in [5.74, 6) is 0. The van der Waals surface area contributed by atoms with Crippen LogP contribution in [0.25, 0.3) is 0 Å². The van der Waals surface area contributed by atoms with Crippen molar-refractivity contribution in [2.24, 2.45) is 5.73 Å². The van der Waals surface area contributed by atoms with Crippen molar-refractivity contribution in [1.29, 1.82) is 0 Å². The fourth-order valence-corrected chi connectivity index (χ4v) is 3.24. The lowest BCUT2D eigenvalue weighted by Gasteiger charge is -2.37. The molecule has 0 aliphatic carbocycles. The van der Waals surface area contributed by atoms with Crippen LogP contribution in [0.3, 0.4) is 0 Å². The molecule has 0 saturated carbocycles. The van der Waals surface area contributed by atoms with Crippen molar-refractivity contribution >= 4 is 0 Å². The molecule has 0 aromatic heterocycles. The van der Waals surface area contributed by atoms with Crippen LogP contribution >= 0.6 is 0 Å². The van der Waals surface area contributed by atoms with Gasteiger partial charge in [0.2, 0.25) is 0 Å². The zero-order chi connectivity index (χ0) is 12.4. The summed E-state index contributed by atoms with van der Waals surface area (Å²) in [4.78, 5) is 5.26. The van der Waals surface area contributed by atoms with E-state index in [4.69, 9.17) is 5.73 Å². The third kappa shape index (κ3) is 2.58. The summed E-state index contributed by atoms with van der Waals surface area (Å²) in [6, 6.07) is 9.58. The van der Waals surface area contributed by atoms with E-state index >= 15 is 0 Å². The van der Waals surface area contributed by atoms with Gasteiger partial charge >= 0.3 is 0 Å². The normalized spacial score (nSPS) is 25.3. The molecule has 0 radical (unpaired) electrons. The Morgan fingerprint density at radius 2 is 1.83 bits per heavy atom. The van der Waals surface area contributed by atoms with Crippen molar-refractivity contribution < 1.29 is 0 Å². The Bertz CT molecular complexity index is 387. The van der Waals surface area contributed by atoms with Gasteiger partial charge in [-0.1, -0.05) is 24.3 Å². The number of benzene rings is 1. The minimum absolute atomic E-state index is 0.640. The van der Waals surface area contributed by atoms with E-state index in [1.807, 2.05) is 0 Å². The van der Waals surface area contributed by atoms with E-state index in [0.717, 1.165) is 12.6 Å².